The molecule has 3 aromatic carbocycles. The van der Waals surface area contributed by atoms with E-state index in [-0.39, 0.29) is 18.3 Å². The van der Waals surface area contributed by atoms with Gasteiger partial charge in [-0.15, -0.1) is 0 Å². The number of rotatable bonds is 4. The van der Waals surface area contributed by atoms with Gasteiger partial charge in [0.25, 0.3) is 5.91 Å². The van der Waals surface area contributed by atoms with E-state index in [0.29, 0.717) is 27.1 Å². The summed E-state index contributed by atoms with van der Waals surface area (Å²) in [6.07, 6.45) is -4.39. The number of alkyl halides is 3. The van der Waals surface area contributed by atoms with Crippen LogP contribution in [-0.4, -0.2) is 15.7 Å². The Hall–Kier alpha value is -3.32. The maximum Gasteiger partial charge on any atom is 0.416 e. The molecule has 0 radical (unpaired) electrons. The molecule has 30 heavy (non-hydrogen) atoms. The molecule has 4 nitrogen and oxygen atoms in total. The second-order valence-corrected chi connectivity index (χ2v) is 7.06. The minimum Gasteiger partial charge on any atom is -0.305 e. The molecule has 1 heterocycles. The average Bonchev–Trinajstić information content (AvgIpc) is 3.07. The lowest BCUT2D eigenvalue weighted by atomic mass is 10.1. The van der Waals surface area contributed by atoms with Gasteiger partial charge in [-0.05, 0) is 42.0 Å². The Morgan fingerprint density at radius 1 is 0.967 bits per heavy atom. The number of amides is 1. The standard InChI is InChI=1S/C22H15ClF3N3O/c23-17-7-4-8-18-19(17)20(27-21(30)15-5-2-1-3-6-15)28-29(18)13-14-9-11-16(12-10-14)22(24,25)26/h1-12H,13H2,(H,27,28,30). The van der Waals surface area contributed by atoms with Crippen LogP contribution in [0.15, 0.2) is 72.8 Å². The van der Waals surface area contributed by atoms with Crippen molar-refractivity contribution in [2.24, 2.45) is 0 Å². The number of nitrogens with one attached hydrogen (secondary N) is 1. The second-order valence-electron chi connectivity index (χ2n) is 6.66. The van der Waals surface area contributed by atoms with E-state index >= 15 is 0 Å². The molecule has 1 aromatic heterocycles. The molecule has 0 fully saturated rings. The van der Waals surface area contributed by atoms with Gasteiger partial charge < -0.3 is 5.32 Å². The SMILES string of the molecule is O=C(Nc1nn(Cc2ccc(C(F)(F)F)cc2)c2cccc(Cl)c12)c1ccccc1. The number of anilines is 1. The van der Waals surface area contributed by atoms with Gasteiger partial charge >= 0.3 is 6.18 Å². The molecule has 0 spiro atoms. The predicted octanol–water partition coefficient (Wildman–Crippen LogP) is 6.01. The first-order chi connectivity index (χ1) is 14.3. The van der Waals surface area contributed by atoms with Crippen molar-refractivity contribution in [1.29, 1.82) is 0 Å². The van der Waals surface area contributed by atoms with Crippen LogP contribution in [0.3, 0.4) is 0 Å². The van der Waals surface area contributed by atoms with Crippen LogP contribution >= 0.6 is 11.6 Å². The molecule has 152 valence electrons. The number of carbonyl (C=O) groups excluding carboxylic acids is 1. The summed E-state index contributed by atoms with van der Waals surface area (Å²) in [5, 5.41) is 8.21. The number of carbonyl (C=O) groups is 1. The molecule has 0 aliphatic carbocycles. The van der Waals surface area contributed by atoms with Crippen molar-refractivity contribution in [3.05, 3.63) is 94.5 Å². The molecular formula is C22H15ClF3N3O. The molecular weight excluding hydrogens is 415 g/mol. The van der Waals surface area contributed by atoms with Gasteiger partial charge in [-0.2, -0.15) is 18.3 Å². The molecule has 0 saturated heterocycles. The Morgan fingerprint density at radius 3 is 2.33 bits per heavy atom. The molecule has 4 rings (SSSR count). The summed E-state index contributed by atoms with van der Waals surface area (Å²) >= 11 is 6.35. The Bertz CT molecular complexity index is 1200. The van der Waals surface area contributed by atoms with Gasteiger partial charge in [-0.1, -0.05) is 48.0 Å². The highest BCUT2D eigenvalue weighted by molar-refractivity contribution is 6.36. The molecule has 0 atom stereocenters. The lowest BCUT2D eigenvalue weighted by Crippen LogP contribution is -2.13. The lowest BCUT2D eigenvalue weighted by Gasteiger charge is -2.08. The molecule has 8 heteroatoms. The molecule has 0 bridgehead atoms. The summed E-state index contributed by atoms with van der Waals surface area (Å²) in [6.45, 7) is 0.218. The largest absolute Gasteiger partial charge is 0.416 e. The van der Waals surface area contributed by atoms with Gasteiger partial charge in [0.2, 0.25) is 0 Å². The average molecular weight is 430 g/mol. The Morgan fingerprint density at radius 2 is 1.67 bits per heavy atom. The van der Waals surface area contributed by atoms with Gasteiger partial charge in [0.1, 0.15) is 0 Å². The molecule has 1 N–H and O–H groups in total. The third-order valence-electron chi connectivity index (χ3n) is 4.61. The number of hydrogen-bond acceptors (Lipinski definition) is 2. The van der Waals surface area contributed by atoms with E-state index in [9.17, 15) is 18.0 Å². The Labute approximate surface area is 174 Å². The number of halogens is 4. The smallest absolute Gasteiger partial charge is 0.305 e. The van der Waals surface area contributed by atoms with Crippen LogP contribution in [-0.2, 0) is 12.7 Å². The zero-order chi connectivity index (χ0) is 21.3. The topological polar surface area (TPSA) is 46.9 Å². The first-order valence-electron chi connectivity index (χ1n) is 9.00. The normalized spacial score (nSPS) is 11.6. The number of aromatic nitrogens is 2. The highest BCUT2D eigenvalue weighted by Crippen LogP contribution is 2.32. The number of hydrogen-bond donors (Lipinski definition) is 1. The zero-order valence-electron chi connectivity index (χ0n) is 15.4. The minimum atomic E-state index is -4.39. The van der Waals surface area contributed by atoms with Gasteiger partial charge in [0.15, 0.2) is 5.82 Å². The summed E-state index contributed by atoms with van der Waals surface area (Å²) in [6, 6.07) is 18.8. The van der Waals surface area contributed by atoms with Crippen molar-refractivity contribution in [2.75, 3.05) is 5.32 Å². The first kappa shape index (κ1) is 20.0. The second kappa shape index (κ2) is 7.84. The van der Waals surface area contributed by atoms with Crippen LogP contribution in [0.25, 0.3) is 10.9 Å². The summed E-state index contributed by atoms with van der Waals surface area (Å²) in [5.41, 5.74) is 1.05. The van der Waals surface area contributed by atoms with Gasteiger partial charge in [-0.25, -0.2) is 0 Å². The molecule has 0 saturated carbocycles. The predicted molar refractivity (Wildman–Crippen MR) is 110 cm³/mol. The van der Waals surface area contributed by atoms with Crippen LogP contribution in [0, 0.1) is 0 Å². The van der Waals surface area contributed by atoms with Crippen molar-refractivity contribution < 1.29 is 18.0 Å². The molecule has 0 aliphatic heterocycles. The van der Waals surface area contributed by atoms with Crippen molar-refractivity contribution in [1.82, 2.24) is 9.78 Å². The third-order valence-corrected chi connectivity index (χ3v) is 4.92. The van der Waals surface area contributed by atoms with Gasteiger partial charge in [-0.3, -0.25) is 9.48 Å². The summed E-state index contributed by atoms with van der Waals surface area (Å²) in [4.78, 5) is 12.6. The highest BCUT2D eigenvalue weighted by Gasteiger charge is 2.30. The van der Waals surface area contributed by atoms with E-state index < -0.39 is 11.7 Å². The van der Waals surface area contributed by atoms with Gasteiger partial charge in [0.05, 0.1) is 28.0 Å². The minimum absolute atomic E-state index is 0.218. The fraction of sp³-hybridized carbons (Fsp3) is 0.0909. The van der Waals surface area contributed by atoms with Crippen LogP contribution in [0.4, 0.5) is 19.0 Å². The molecule has 4 aromatic rings. The third kappa shape index (κ3) is 4.02. The summed E-state index contributed by atoms with van der Waals surface area (Å²) < 4.78 is 40.0. The number of fused-ring (bicyclic) bond motifs is 1. The van der Waals surface area contributed by atoms with E-state index in [1.54, 1.807) is 47.1 Å². The summed E-state index contributed by atoms with van der Waals surface area (Å²) in [5.74, 6) is -0.0482. The van der Waals surface area contributed by atoms with E-state index in [1.165, 1.54) is 12.1 Å². The molecule has 0 aliphatic rings. The molecule has 0 unspecified atom stereocenters. The first-order valence-corrected chi connectivity index (χ1v) is 9.38. The number of nitrogens with zero attached hydrogens (tertiary/aromatic N) is 2. The zero-order valence-corrected chi connectivity index (χ0v) is 16.2. The van der Waals surface area contributed by atoms with E-state index in [2.05, 4.69) is 10.4 Å². The van der Waals surface area contributed by atoms with E-state index in [0.717, 1.165) is 12.1 Å². The maximum atomic E-state index is 12.8. The van der Waals surface area contributed by atoms with Crippen molar-refractivity contribution >= 4 is 34.2 Å². The fourth-order valence-electron chi connectivity index (χ4n) is 3.14. The lowest BCUT2D eigenvalue weighted by molar-refractivity contribution is -0.137. The highest BCUT2D eigenvalue weighted by atomic mass is 35.5. The van der Waals surface area contributed by atoms with Crippen LogP contribution in [0.1, 0.15) is 21.5 Å². The quantitative estimate of drug-likeness (QED) is 0.432. The number of benzene rings is 3. The van der Waals surface area contributed by atoms with Crippen LogP contribution < -0.4 is 5.32 Å². The summed E-state index contributed by atoms with van der Waals surface area (Å²) in [7, 11) is 0. The van der Waals surface area contributed by atoms with Crippen molar-refractivity contribution in [3.8, 4) is 0 Å². The van der Waals surface area contributed by atoms with Gasteiger partial charge in [0, 0.05) is 5.56 Å². The van der Waals surface area contributed by atoms with Crippen LogP contribution in [0.5, 0.6) is 0 Å². The Kier molecular flexibility index (Phi) is 5.22. The molecule has 1 amide bonds. The maximum absolute atomic E-state index is 12.8. The van der Waals surface area contributed by atoms with Crippen LogP contribution in [0.2, 0.25) is 5.02 Å². The Balaban J connectivity index is 1.68. The monoisotopic (exact) mass is 429 g/mol. The fourth-order valence-corrected chi connectivity index (χ4v) is 3.40. The van der Waals surface area contributed by atoms with E-state index in [1.807, 2.05) is 6.07 Å². The van der Waals surface area contributed by atoms with Crippen molar-refractivity contribution in [3.63, 3.8) is 0 Å². The van der Waals surface area contributed by atoms with E-state index in [4.69, 9.17) is 11.6 Å². The van der Waals surface area contributed by atoms with Crippen molar-refractivity contribution in [2.45, 2.75) is 12.7 Å².